The summed E-state index contributed by atoms with van der Waals surface area (Å²) in [6, 6.07) is 14.6. The minimum absolute atomic E-state index is 0.217. The molecule has 8 heteroatoms. The first-order chi connectivity index (χ1) is 15.3. The van der Waals surface area contributed by atoms with E-state index in [2.05, 4.69) is 24.1 Å². The molecule has 0 unspecified atom stereocenters. The number of ether oxygens (including phenoxy) is 1. The SMILES string of the molecule is CC(C)c1ccc(N2CCO[C@H]([C@@H](O)C(=O)Nc3ccc4c(N)nccc4c3)C2=O)cc1. The molecule has 1 aromatic heterocycles. The van der Waals surface area contributed by atoms with Gasteiger partial charge >= 0.3 is 0 Å². The molecule has 0 aliphatic carbocycles. The fourth-order valence-corrected chi connectivity index (χ4v) is 3.76. The average molecular weight is 434 g/mol. The molecule has 3 aromatic rings. The molecule has 4 N–H and O–H groups in total. The number of hydrogen-bond acceptors (Lipinski definition) is 6. The van der Waals surface area contributed by atoms with Crippen LogP contribution in [-0.4, -0.2) is 47.3 Å². The third-order valence-electron chi connectivity index (χ3n) is 5.61. The van der Waals surface area contributed by atoms with E-state index < -0.39 is 24.0 Å². The van der Waals surface area contributed by atoms with Crippen LogP contribution in [0.2, 0.25) is 0 Å². The summed E-state index contributed by atoms with van der Waals surface area (Å²) in [7, 11) is 0. The van der Waals surface area contributed by atoms with E-state index in [0.717, 1.165) is 10.8 Å². The number of hydrogen-bond donors (Lipinski definition) is 3. The Morgan fingerprint density at radius 2 is 1.97 bits per heavy atom. The van der Waals surface area contributed by atoms with Crippen molar-refractivity contribution in [1.29, 1.82) is 0 Å². The lowest BCUT2D eigenvalue weighted by Crippen LogP contribution is -2.55. The van der Waals surface area contributed by atoms with Crippen LogP contribution in [0.15, 0.2) is 54.7 Å². The quantitative estimate of drug-likeness (QED) is 0.568. The molecule has 0 radical (unpaired) electrons. The van der Waals surface area contributed by atoms with Gasteiger partial charge in [0.2, 0.25) is 0 Å². The Morgan fingerprint density at radius 3 is 2.69 bits per heavy atom. The van der Waals surface area contributed by atoms with Crippen LogP contribution in [0.5, 0.6) is 0 Å². The molecule has 1 aliphatic rings. The van der Waals surface area contributed by atoms with E-state index in [1.807, 2.05) is 24.3 Å². The van der Waals surface area contributed by atoms with Crippen LogP contribution < -0.4 is 16.0 Å². The van der Waals surface area contributed by atoms with Crippen molar-refractivity contribution in [2.45, 2.75) is 32.0 Å². The van der Waals surface area contributed by atoms with Crippen LogP contribution >= 0.6 is 0 Å². The zero-order valence-electron chi connectivity index (χ0n) is 18.0. The Kier molecular flexibility index (Phi) is 6.07. The minimum atomic E-state index is -1.65. The molecular formula is C24H26N4O4. The number of pyridine rings is 1. The largest absolute Gasteiger partial charge is 0.383 e. The van der Waals surface area contributed by atoms with Gasteiger partial charge in [0.05, 0.1) is 6.61 Å². The molecule has 8 nitrogen and oxygen atoms in total. The molecule has 1 saturated heterocycles. The molecule has 2 heterocycles. The van der Waals surface area contributed by atoms with Gasteiger partial charge in [-0.25, -0.2) is 4.98 Å². The van der Waals surface area contributed by atoms with Gasteiger partial charge in [-0.1, -0.05) is 26.0 Å². The number of rotatable bonds is 5. The van der Waals surface area contributed by atoms with Crippen molar-refractivity contribution in [3.63, 3.8) is 0 Å². The number of nitrogens with zero attached hydrogens (tertiary/aromatic N) is 2. The number of nitrogen functional groups attached to an aromatic ring is 1. The number of nitrogens with one attached hydrogen (secondary N) is 1. The van der Waals surface area contributed by atoms with Crippen molar-refractivity contribution in [3.05, 3.63) is 60.3 Å². The summed E-state index contributed by atoms with van der Waals surface area (Å²) in [5.41, 5.74) is 8.20. The third kappa shape index (κ3) is 4.28. The third-order valence-corrected chi connectivity index (χ3v) is 5.61. The molecule has 2 atom stereocenters. The monoisotopic (exact) mass is 434 g/mol. The van der Waals surface area contributed by atoms with Gasteiger partial charge in [-0.3, -0.25) is 9.59 Å². The van der Waals surface area contributed by atoms with E-state index in [4.69, 9.17) is 10.5 Å². The van der Waals surface area contributed by atoms with Gasteiger partial charge in [-0.2, -0.15) is 0 Å². The Bertz CT molecular complexity index is 1150. The smallest absolute Gasteiger partial charge is 0.259 e. The average Bonchev–Trinajstić information content (AvgIpc) is 2.79. The summed E-state index contributed by atoms with van der Waals surface area (Å²) in [5.74, 6) is -0.399. The van der Waals surface area contributed by atoms with Crippen LogP contribution in [-0.2, 0) is 14.3 Å². The normalized spacial score (nSPS) is 17.6. The second-order valence-electron chi connectivity index (χ2n) is 8.09. The number of aromatic nitrogens is 1. The molecule has 1 fully saturated rings. The van der Waals surface area contributed by atoms with Gasteiger partial charge in [0.15, 0.2) is 12.2 Å². The van der Waals surface area contributed by atoms with E-state index >= 15 is 0 Å². The first kappa shape index (κ1) is 21.7. The maximum atomic E-state index is 13.0. The number of morpholine rings is 1. The number of nitrogens with two attached hydrogens (primary N) is 1. The Balaban J connectivity index is 1.47. The lowest BCUT2D eigenvalue weighted by molar-refractivity contribution is -0.150. The number of anilines is 3. The lowest BCUT2D eigenvalue weighted by atomic mass is 10.0. The Morgan fingerprint density at radius 1 is 1.22 bits per heavy atom. The fraction of sp³-hybridized carbons (Fsp3) is 0.292. The van der Waals surface area contributed by atoms with Gasteiger partial charge in [-0.15, -0.1) is 0 Å². The van der Waals surface area contributed by atoms with E-state index in [9.17, 15) is 14.7 Å². The van der Waals surface area contributed by atoms with Crippen molar-refractivity contribution < 1.29 is 19.4 Å². The van der Waals surface area contributed by atoms with Crippen molar-refractivity contribution in [3.8, 4) is 0 Å². The molecule has 166 valence electrons. The zero-order chi connectivity index (χ0) is 22.8. The van der Waals surface area contributed by atoms with Gasteiger partial charge < -0.3 is 25.8 Å². The van der Waals surface area contributed by atoms with E-state index in [-0.39, 0.29) is 6.61 Å². The maximum Gasteiger partial charge on any atom is 0.259 e. The first-order valence-electron chi connectivity index (χ1n) is 10.5. The predicted molar refractivity (Wildman–Crippen MR) is 123 cm³/mol. The minimum Gasteiger partial charge on any atom is -0.383 e. The molecule has 2 aromatic carbocycles. The molecule has 0 bridgehead atoms. The second kappa shape index (κ2) is 8.94. The predicted octanol–water partition coefficient (Wildman–Crippen LogP) is 2.67. The highest BCUT2D eigenvalue weighted by molar-refractivity contribution is 6.04. The van der Waals surface area contributed by atoms with Gasteiger partial charge in [0, 0.05) is 29.5 Å². The summed E-state index contributed by atoms with van der Waals surface area (Å²) < 4.78 is 5.48. The standard InChI is InChI=1S/C24H26N4O4/c1-14(2)15-3-6-18(7-4-15)28-11-12-32-21(24(28)31)20(29)23(30)27-17-5-8-19-16(13-17)9-10-26-22(19)25/h3-10,13-14,20-21,29H,11-12H2,1-2H3,(H2,25,26)(H,27,30)/t20-,21-/m1/s1. The number of fused-ring (bicyclic) bond motifs is 1. The number of carbonyl (C=O) groups is 2. The Labute approximate surface area is 186 Å². The van der Waals surface area contributed by atoms with Gasteiger partial charge in [0.1, 0.15) is 5.82 Å². The van der Waals surface area contributed by atoms with Crippen molar-refractivity contribution in [1.82, 2.24) is 4.98 Å². The van der Waals surface area contributed by atoms with Gasteiger partial charge in [-0.05, 0) is 53.3 Å². The molecule has 4 rings (SSSR count). The fourth-order valence-electron chi connectivity index (χ4n) is 3.76. The summed E-state index contributed by atoms with van der Waals surface area (Å²) >= 11 is 0. The maximum absolute atomic E-state index is 13.0. The van der Waals surface area contributed by atoms with Crippen molar-refractivity contribution in [2.75, 3.05) is 29.1 Å². The molecule has 2 amide bonds. The van der Waals surface area contributed by atoms with E-state index in [0.29, 0.717) is 29.7 Å². The molecule has 0 spiro atoms. The highest BCUT2D eigenvalue weighted by atomic mass is 16.5. The summed E-state index contributed by atoms with van der Waals surface area (Å²) in [6.45, 7) is 4.77. The van der Waals surface area contributed by atoms with Crippen LogP contribution in [0.25, 0.3) is 10.8 Å². The van der Waals surface area contributed by atoms with Crippen LogP contribution in [0.4, 0.5) is 17.2 Å². The van der Waals surface area contributed by atoms with Crippen molar-refractivity contribution in [2.24, 2.45) is 0 Å². The Hall–Kier alpha value is -3.49. The molecule has 1 aliphatic heterocycles. The van der Waals surface area contributed by atoms with Gasteiger partial charge in [0.25, 0.3) is 11.8 Å². The zero-order valence-corrected chi connectivity index (χ0v) is 18.0. The second-order valence-corrected chi connectivity index (χ2v) is 8.09. The number of aliphatic hydroxyl groups excluding tert-OH is 1. The summed E-state index contributed by atoms with van der Waals surface area (Å²) in [5, 5.41) is 14.8. The lowest BCUT2D eigenvalue weighted by Gasteiger charge is -2.34. The number of carbonyl (C=O) groups excluding carboxylic acids is 2. The molecule has 0 saturated carbocycles. The van der Waals surface area contributed by atoms with Crippen LogP contribution in [0.3, 0.4) is 0 Å². The number of benzene rings is 2. The first-order valence-corrected chi connectivity index (χ1v) is 10.5. The summed E-state index contributed by atoms with van der Waals surface area (Å²) in [4.78, 5) is 31.2. The topological polar surface area (TPSA) is 118 Å². The van der Waals surface area contributed by atoms with Crippen molar-refractivity contribution >= 4 is 39.8 Å². The number of aliphatic hydroxyl groups is 1. The molecular weight excluding hydrogens is 408 g/mol. The number of amides is 2. The molecule has 32 heavy (non-hydrogen) atoms. The van der Waals surface area contributed by atoms with Crippen LogP contribution in [0, 0.1) is 0 Å². The van der Waals surface area contributed by atoms with E-state index in [1.165, 1.54) is 5.56 Å². The highest BCUT2D eigenvalue weighted by Gasteiger charge is 2.39. The van der Waals surface area contributed by atoms with Crippen LogP contribution in [0.1, 0.15) is 25.3 Å². The van der Waals surface area contributed by atoms with E-state index in [1.54, 1.807) is 35.4 Å². The highest BCUT2D eigenvalue weighted by Crippen LogP contribution is 2.25. The summed E-state index contributed by atoms with van der Waals surface area (Å²) in [6.07, 6.45) is -1.36.